The van der Waals surface area contributed by atoms with Crippen molar-refractivity contribution in [2.24, 2.45) is 0 Å². The smallest absolute Gasteiger partial charge is 0.123 e. The molecule has 2 nitrogen and oxygen atoms in total. The van der Waals surface area contributed by atoms with E-state index in [1.165, 1.54) is 61.3 Å². The van der Waals surface area contributed by atoms with Gasteiger partial charge in [-0.25, -0.2) is 0 Å². The monoisotopic (exact) mass is 735 g/mol. The van der Waals surface area contributed by atoms with E-state index >= 15 is 0 Å². The van der Waals surface area contributed by atoms with Gasteiger partial charge in [-0.2, -0.15) is 0 Å². The Kier molecular flexibility index (Phi) is 7.92. The number of nitrogens with zero attached hydrogens (tertiary/aromatic N) is 1. The maximum absolute atomic E-state index is 10.7. The van der Waals surface area contributed by atoms with E-state index in [0.717, 1.165) is 39.2 Å². The first-order chi connectivity index (χ1) is 27.6. The topological polar surface area (TPSA) is 23.5 Å². The van der Waals surface area contributed by atoms with Gasteiger partial charge in [0.25, 0.3) is 0 Å². The number of benzene rings is 8. The molecule has 0 fully saturated rings. The van der Waals surface area contributed by atoms with Crippen molar-refractivity contribution in [2.45, 2.75) is 45.4 Å². The molecule has 8 aromatic carbocycles. The lowest BCUT2D eigenvalue weighted by atomic mass is 9.82. The Balaban J connectivity index is 1.08. The molecule has 0 atom stereocenters. The highest BCUT2D eigenvalue weighted by Crippen LogP contribution is 2.54. The molecule has 0 bridgehead atoms. The van der Waals surface area contributed by atoms with Gasteiger partial charge in [-0.1, -0.05) is 155 Å². The highest BCUT2D eigenvalue weighted by Gasteiger charge is 2.38. The molecule has 0 heterocycles. The summed E-state index contributed by atoms with van der Waals surface area (Å²) in [7, 11) is 0. The van der Waals surface area contributed by atoms with Crippen LogP contribution in [-0.4, -0.2) is 5.11 Å². The van der Waals surface area contributed by atoms with Gasteiger partial charge in [-0.3, -0.25) is 0 Å². The molecule has 0 amide bonds. The van der Waals surface area contributed by atoms with E-state index in [0.29, 0.717) is 5.75 Å². The minimum Gasteiger partial charge on any atom is -0.507 e. The largest absolute Gasteiger partial charge is 0.507 e. The van der Waals surface area contributed by atoms with Gasteiger partial charge in [0.1, 0.15) is 5.75 Å². The summed E-state index contributed by atoms with van der Waals surface area (Å²) in [6.45, 7) is 11.5. The van der Waals surface area contributed by atoms with Gasteiger partial charge < -0.3 is 10.0 Å². The summed E-state index contributed by atoms with van der Waals surface area (Å²) in [5, 5.41) is 10.7. The summed E-state index contributed by atoms with van der Waals surface area (Å²) >= 11 is 0. The molecule has 0 radical (unpaired) electrons. The molecule has 0 saturated heterocycles. The lowest BCUT2D eigenvalue weighted by molar-refractivity contribution is 0.477. The van der Waals surface area contributed by atoms with Gasteiger partial charge >= 0.3 is 0 Å². The van der Waals surface area contributed by atoms with E-state index in [-0.39, 0.29) is 10.8 Å². The van der Waals surface area contributed by atoms with Crippen LogP contribution < -0.4 is 4.90 Å². The van der Waals surface area contributed by atoms with Crippen LogP contribution in [0.4, 0.5) is 17.1 Å². The summed E-state index contributed by atoms with van der Waals surface area (Å²) in [6, 6.07) is 63.7. The highest BCUT2D eigenvalue weighted by molar-refractivity contribution is 5.95. The average molecular weight is 736 g/mol. The van der Waals surface area contributed by atoms with E-state index in [4.69, 9.17) is 0 Å². The number of hydrogen-bond donors (Lipinski definition) is 1. The van der Waals surface area contributed by atoms with Gasteiger partial charge in [0.05, 0.1) is 5.69 Å². The molecule has 0 aromatic heterocycles. The standard InChI is InChI=1S/C55H45NO/c1-35-21-22-38(33-45(35)43-14-8-11-20-52(43)57)36-23-28-40(29-24-36)56(51-19-12-18-50-53(51)44-15-7-10-17-48(44)55(50,4)5)41-30-25-37(26-31-41)39-27-32-49-46(34-39)42-13-6-9-16-47(42)54(49,2)3/h6-34,57H,1-5H3. The van der Waals surface area contributed by atoms with E-state index in [1.54, 1.807) is 6.07 Å². The van der Waals surface area contributed by atoms with Gasteiger partial charge in [0.2, 0.25) is 0 Å². The van der Waals surface area contributed by atoms with Crippen LogP contribution in [0.1, 0.15) is 55.5 Å². The quantitative estimate of drug-likeness (QED) is 0.184. The van der Waals surface area contributed by atoms with Crippen molar-refractivity contribution in [2.75, 3.05) is 4.90 Å². The molecule has 2 aliphatic rings. The summed E-state index contributed by atoms with van der Waals surface area (Å²) in [5.41, 5.74) is 21.6. The summed E-state index contributed by atoms with van der Waals surface area (Å²) in [4.78, 5) is 2.43. The fourth-order valence-electron chi connectivity index (χ4n) is 9.65. The van der Waals surface area contributed by atoms with Crippen molar-refractivity contribution in [3.05, 3.63) is 204 Å². The molecular weight excluding hydrogens is 691 g/mol. The predicted octanol–water partition coefficient (Wildman–Crippen LogP) is 14.8. The number of para-hydroxylation sites is 1. The highest BCUT2D eigenvalue weighted by atomic mass is 16.3. The molecule has 0 spiro atoms. The molecule has 0 aliphatic heterocycles. The molecule has 0 unspecified atom stereocenters. The van der Waals surface area contributed by atoms with Crippen LogP contribution in [0.15, 0.2) is 176 Å². The van der Waals surface area contributed by atoms with Crippen molar-refractivity contribution >= 4 is 17.1 Å². The van der Waals surface area contributed by atoms with Crippen molar-refractivity contribution in [3.8, 4) is 61.4 Å². The zero-order valence-electron chi connectivity index (χ0n) is 33.1. The molecule has 0 saturated carbocycles. The maximum Gasteiger partial charge on any atom is 0.123 e. The Bertz CT molecular complexity index is 2860. The van der Waals surface area contributed by atoms with Crippen molar-refractivity contribution in [1.29, 1.82) is 0 Å². The molecule has 276 valence electrons. The third kappa shape index (κ3) is 5.46. The fraction of sp³-hybridized carbons (Fsp3) is 0.127. The molecule has 10 rings (SSSR count). The number of anilines is 3. The van der Waals surface area contributed by atoms with Crippen LogP contribution in [0.5, 0.6) is 5.75 Å². The minimum atomic E-state index is -0.113. The third-order valence-electron chi connectivity index (χ3n) is 12.8. The Morgan fingerprint density at radius 2 is 0.860 bits per heavy atom. The van der Waals surface area contributed by atoms with Crippen molar-refractivity contribution < 1.29 is 5.11 Å². The first kappa shape index (κ1) is 34.8. The normalized spacial score (nSPS) is 14.1. The molecular formula is C55H45NO. The summed E-state index contributed by atoms with van der Waals surface area (Å²) in [6.07, 6.45) is 0. The van der Waals surface area contributed by atoms with Crippen LogP contribution in [0, 0.1) is 6.92 Å². The second kappa shape index (κ2) is 13.0. The molecule has 57 heavy (non-hydrogen) atoms. The second-order valence-electron chi connectivity index (χ2n) is 16.8. The van der Waals surface area contributed by atoms with Gasteiger partial charge in [-0.15, -0.1) is 0 Å². The van der Waals surface area contributed by atoms with Crippen LogP contribution >= 0.6 is 0 Å². The number of aryl methyl sites for hydroxylation is 1. The number of rotatable bonds is 6. The first-order valence-electron chi connectivity index (χ1n) is 20.0. The number of fused-ring (bicyclic) bond motifs is 6. The number of aromatic hydroxyl groups is 1. The van der Waals surface area contributed by atoms with E-state index in [1.807, 2.05) is 18.2 Å². The average Bonchev–Trinajstić information content (AvgIpc) is 3.62. The lowest BCUT2D eigenvalue weighted by Gasteiger charge is -2.29. The van der Waals surface area contributed by atoms with E-state index in [9.17, 15) is 5.11 Å². The molecule has 2 aliphatic carbocycles. The number of phenolic OH excluding ortho intramolecular Hbond substituents is 1. The molecule has 2 heteroatoms. The van der Waals surface area contributed by atoms with Crippen LogP contribution in [0.25, 0.3) is 55.6 Å². The Labute approximate surface area is 336 Å². The first-order valence-corrected chi connectivity index (χ1v) is 20.0. The number of hydrogen-bond acceptors (Lipinski definition) is 2. The Morgan fingerprint density at radius 1 is 0.386 bits per heavy atom. The predicted molar refractivity (Wildman–Crippen MR) is 239 cm³/mol. The van der Waals surface area contributed by atoms with Gasteiger partial charge in [-0.05, 0) is 128 Å². The van der Waals surface area contributed by atoms with E-state index in [2.05, 4.69) is 191 Å². The molecule has 8 aromatic rings. The lowest BCUT2D eigenvalue weighted by Crippen LogP contribution is -2.16. The fourth-order valence-corrected chi connectivity index (χ4v) is 9.65. The van der Waals surface area contributed by atoms with Crippen molar-refractivity contribution in [3.63, 3.8) is 0 Å². The van der Waals surface area contributed by atoms with Gasteiger partial charge in [0.15, 0.2) is 0 Å². The SMILES string of the molecule is Cc1ccc(-c2ccc(N(c3ccc(-c4ccc5c(c4)-c4ccccc4C5(C)C)cc3)c3cccc4c3-c3ccccc3C4(C)C)cc2)cc1-c1ccccc1O. The van der Waals surface area contributed by atoms with Crippen molar-refractivity contribution in [1.82, 2.24) is 0 Å². The van der Waals surface area contributed by atoms with Crippen LogP contribution in [0.3, 0.4) is 0 Å². The zero-order chi connectivity index (χ0) is 39.1. The van der Waals surface area contributed by atoms with Crippen LogP contribution in [-0.2, 0) is 10.8 Å². The Hall–Kier alpha value is -6.64. The maximum atomic E-state index is 10.7. The van der Waals surface area contributed by atoms with Gasteiger partial charge in [0, 0.05) is 33.3 Å². The molecule has 1 N–H and O–H groups in total. The zero-order valence-corrected chi connectivity index (χ0v) is 33.1. The third-order valence-corrected chi connectivity index (χ3v) is 12.8. The van der Waals surface area contributed by atoms with Crippen LogP contribution in [0.2, 0.25) is 0 Å². The second-order valence-corrected chi connectivity index (χ2v) is 16.8. The van der Waals surface area contributed by atoms with E-state index < -0.39 is 0 Å². The Morgan fingerprint density at radius 3 is 1.51 bits per heavy atom. The minimum absolute atomic E-state index is 0.0138. The number of phenols is 1. The summed E-state index contributed by atoms with van der Waals surface area (Å²) < 4.78 is 0. The summed E-state index contributed by atoms with van der Waals surface area (Å²) in [5.74, 6) is 0.292.